The van der Waals surface area contributed by atoms with E-state index in [9.17, 15) is 0 Å². The molecular formula is C17H21N3O. The van der Waals surface area contributed by atoms with Crippen LogP contribution in [-0.2, 0) is 19.4 Å². The highest BCUT2D eigenvalue weighted by molar-refractivity contribution is 5.38. The zero-order valence-corrected chi connectivity index (χ0v) is 12.4. The van der Waals surface area contributed by atoms with Gasteiger partial charge in [0.2, 0.25) is 5.88 Å². The van der Waals surface area contributed by atoms with Crippen molar-refractivity contribution in [3.8, 4) is 11.6 Å². The van der Waals surface area contributed by atoms with Crippen molar-refractivity contribution in [3.05, 3.63) is 47.2 Å². The number of aromatic nitrogens is 2. The van der Waals surface area contributed by atoms with Gasteiger partial charge in [-0.05, 0) is 61.6 Å². The first-order chi connectivity index (χ1) is 10.3. The van der Waals surface area contributed by atoms with Crippen molar-refractivity contribution in [2.24, 2.45) is 0 Å². The fourth-order valence-electron chi connectivity index (χ4n) is 2.64. The van der Waals surface area contributed by atoms with Crippen molar-refractivity contribution in [1.82, 2.24) is 15.5 Å². The summed E-state index contributed by atoms with van der Waals surface area (Å²) in [6.45, 7) is 3.73. The Morgan fingerprint density at radius 2 is 1.90 bits per heavy atom. The molecule has 0 amide bonds. The van der Waals surface area contributed by atoms with Gasteiger partial charge in [0.15, 0.2) is 0 Å². The van der Waals surface area contributed by atoms with E-state index in [0.29, 0.717) is 5.88 Å². The van der Waals surface area contributed by atoms with Gasteiger partial charge in [0.1, 0.15) is 5.75 Å². The number of nitrogens with one attached hydrogen (secondary N) is 1. The lowest BCUT2D eigenvalue weighted by atomic mass is 9.92. The minimum atomic E-state index is 0.547. The van der Waals surface area contributed by atoms with E-state index in [0.717, 1.165) is 31.0 Å². The number of hydrogen-bond donors (Lipinski definition) is 1. The van der Waals surface area contributed by atoms with Crippen molar-refractivity contribution >= 4 is 0 Å². The lowest BCUT2D eigenvalue weighted by molar-refractivity contribution is 0.451. The average molecular weight is 283 g/mol. The Morgan fingerprint density at radius 1 is 1.05 bits per heavy atom. The smallest absolute Gasteiger partial charge is 0.238 e. The van der Waals surface area contributed by atoms with Crippen LogP contribution in [-0.4, -0.2) is 16.7 Å². The van der Waals surface area contributed by atoms with Gasteiger partial charge in [0, 0.05) is 12.6 Å². The molecule has 3 rings (SSSR count). The van der Waals surface area contributed by atoms with Crippen LogP contribution in [0.25, 0.3) is 0 Å². The Bertz CT molecular complexity index is 595. The number of fused-ring (bicyclic) bond motifs is 1. The normalized spacial score (nSPS) is 13.8. The maximum absolute atomic E-state index is 5.81. The number of hydrogen-bond acceptors (Lipinski definition) is 4. The highest BCUT2D eigenvalue weighted by Gasteiger charge is 2.10. The number of nitrogens with zero attached hydrogens (tertiary/aromatic N) is 2. The molecule has 0 spiro atoms. The average Bonchev–Trinajstić information content (AvgIpc) is 2.54. The van der Waals surface area contributed by atoms with E-state index in [1.165, 1.54) is 30.4 Å². The van der Waals surface area contributed by atoms with E-state index in [4.69, 9.17) is 4.74 Å². The van der Waals surface area contributed by atoms with Gasteiger partial charge in [-0.15, -0.1) is 5.10 Å². The molecule has 1 aliphatic carbocycles. The summed E-state index contributed by atoms with van der Waals surface area (Å²) in [4.78, 5) is 0. The Balaban J connectivity index is 1.68. The molecule has 1 aliphatic rings. The van der Waals surface area contributed by atoms with Gasteiger partial charge in [0.25, 0.3) is 0 Å². The lowest BCUT2D eigenvalue weighted by Gasteiger charge is -2.16. The molecule has 0 saturated carbocycles. The molecule has 0 radical (unpaired) electrons. The Labute approximate surface area is 125 Å². The van der Waals surface area contributed by atoms with Gasteiger partial charge < -0.3 is 10.1 Å². The van der Waals surface area contributed by atoms with Crippen LogP contribution in [0.1, 0.15) is 36.6 Å². The second-order valence-electron chi connectivity index (χ2n) is 5.38. The summed E-state index contributed by atoms with van der Waals surface area (Å²) >= 11 is 0. The van der Waals surface area contributed by atoms with Crippen LogP contribution >= 0.6 is 0 Å². The standard InChI is InChI=1S/C17H21N3O/c1-2-18-12-15-8-10-17(20-19-15)21-16-9-7-13-5-3-4-6-14(13)11-16/h7-11,18H,2-6,12H2,1H3. The molecule has 1 aromatic carbocycles. The van der Waals surface area contributed by atoms with Crippen LogP contribution in [0.5, 0.6) is 11.6 Å². The molecule has 21 heavy (non-hydrogen) atoms. The molecule has 0 bridgehead atoms. The van der Waals surface area contributed by atoms with Crippen molar-refractivity contribution < 1.29 is 4.74 Å². The van der Waals surface area contributed by atoms with Crippen molar-refractivity contribution in [1.29, 1.82) is 0 Å². The number of benzene rings is 1. The monoisotopic (exact) mass is 283 g/mol. The minimum Gasteiger partial charge on any atom is -0.438 e. The number of rotatable bonds is 5. The summed E-state index contributed by atoms with van der Waals surface area (Å²) in [5.41, 5.74) is 3.80. The Hall–Kier alpha value is -1.94. The number of ether oxygens (including phenoxy) is 1. The third-order valence-electron chi connectivity index (χ3n) is 3.79. The van der Waals surface area contributed by atoms with Gasteiger partial charge in [-0.1, -0.05) is 13.0 Å². The van der Waals surface area contributed by atoms with E-state index in [1.54, 1.807) is 0 Å². The zero-order valence-electron chi connectivity index (χ0n) is 12.4. The van der Waals surface area contributed by atoms with Gasteiger partial charge in [-0.2, -0.15) is 5.10 Å². The van der Waals surface area contributed by atoms with Crippen LogP contribution < -0.4 is 10.1 Å². The van der Waals surface area contributed by atoms with E-state index in [2.05, 4.69) is 34.6 Å². The molecule has 110 valence electrons. The molecule has 1 heterocycles. The first-order valence-corrected chi connectivity index (χ1v) is 7.68. The largest absolute Gasteiger partial charge is 0.438 e. The SMILES string of the molecule is CCNCc1ccc(Oc2ccc3c(c2)CCCC3)nn1. The maximum Gasteiger partial charge on any atom is 0.238 e. The summed E-state index contributed by atoms with van der Waals surface area (Å²) in [6.07, 6.45) is 4.91. The van der Waals surface area contributed by atoms with Crippen LogP contribution in [0.2, 0.25) is 0 Å². The molecule has 0 aliphatic heterocycles. The van der Waals surface area contributed by atoms with Gasteiger partial charge in [-0.3, -0.25) is 0 Å². The van der Waals surface area contributed by atoms with Gasteiger partial charge >= 0.3 is 0 Å². The van der Waals surface area contributed by atoms with Crippen molar-refractivity contribution in [2.75, 3.05) is 6.54 Å². The summed E-state index contributed by atoms with van der Waals surface area (Å²) < 4.78 is 5.81. The number of aryl methyl sites for hydroxylation is 2. The fourth-order valence-corrected chi connectivity index (χ4v) is 2.64. The van der Waals surface area contributed by atoms with E-state index in [1.807, 2.05) is 18.2 Å². The molecule has 2 aromatic rings. The summed E-state index contributed by atoms with van der Waals surface area (Å²) in [5.74, 6) is 1.40. The van der Waals surface area contributed by atoms with Crippen LogP contribution in [0, 0.1) is 0 Å². The third kappa shape index (κ3) is 3.58. The fraction of sp³-hybridized carbons (Fsp3) is 0.412. The maximum atomic E-state index is 5.81. The summed E-state index contributed by atoms with van der Waals surface area (Å²) in [7, 11) is 0. The highest BCUT2D eigenvalue weighted by atomic mass is 16.5. The topological polar surface area (TPSA) is 47.0 Å². The molecule has 0 fully saturated rings. The molecule has 0 unspecified atom stereocenters. The van der Waals surface area contributed by atoms with Gasteiger partial charge in [-0.25, -0.2) is 0 Å². The van der Waals surface area contributed by atoms with Crippen molar-refractivity contribution in [3.63, 3.8) is 0 Å². The van der Waals surface area contributed by atoms with Crippen LogP contribution in [0.3, 0.4) is 0 Å². The second-order valence-corrected chi connectivity index (χ2v) is 5.38. The molecule has 1 N–H and O–H groups in total. The van der Waals surface area contributed by atoms with Crippen LogP contribution in [0.15, 0.2) is 30.3 Å². The Morgan fingerprint density at radius 3 is 2.67 bits per heavy atom. The molecule has 4 heteroatoms. The predicted molar refractivity (Wildman–Crippen MR) is 82.6 cm³/mol. The second kappa shape index (κ2) is 6.68. The van der Waals surface area contributed by atoms with E-state index >= 15 is 0 Å². The van der Waals surface area contributed by atoms with Crippen LogP contribution in [0.4, 0.5) is 0 Å². The van der Waals surface area contributed by atoms with Crippen molar-refractivity contribution in [2.45, 2.75) is 39.2 Å². The first kappa shape index (κ1) is 14.0. The zero-order chi connectivity index (χ0) is 14.5. The van der Waals surface area contributed by atoms with E-state index in [-0.39, 0.29) is 0 Å². The quantitative estimate of drug-likeness (QED) is 0.915. The molecule has 1 aromatic heterocycles. The lowest BCUT2D eigenvalue weighted by Crippen LogP contribution is -2.13. The highest BCUT2D eigenvalue weighted by Crippen LogP contribution is 2.27. The summed E-state index contributed by atoms with van der Waals surface area (Å²) in [5, 5.41) is 11.5. The van der Waals surface area contributed by atoms with E-state index < -0.39 is 0 Å². The predicted octanol–water partition coefficient (Wildman–Crippen LogP) is 3.26. The first-order valence-electron chi connectivity index (χ1n) is 7.68. The van der Waals surface area contributed by atoms with Gasteiger partial charge in [0.05, 0.1) is 5.69 Å². The molecule has 0 atom stereocenters. The molecular weight excluding hydrogens is 262 g/mol. The molecule has 0 saturated heterocycles. The Kier molecular flexibility index (Phi) is 4.46. The summed E-state index contributed by atoms with van der Waals surface area (Å²) in [6, 6.07) is 10.2. The third-order valence-corrected chi connectivity index (χ3v) is 3.79. The minimum absolute atomic E-state index is 0.547. The molecule has 4 nitrogen and oxygen atoms in total.